The van der Waals surface area contributed by atoms with E-state index >= 15 is 0 Å². The van der Waals surface area contributed by atoms with Gasteiger partial charge in [-0.3, -0.25) is 51.4 Å². The summed E-state index contributed by atoms with van der Waals surface area (Å²) >= 11 is 0. The molecule has 0 spiro atoms. The Balaban J connectivity index is 0.890. The number of fused-ring (bicyclic) bond motifs is 3. The Morgan fingerprint density at radius 1 is 0.675 bits per heavy atom. The molecule has 440 valence electrons. The van der Waals surface area contributed by atoms with Gasteiger partial charge in [-0.1, -0.05) is 4.98 Å². The van der Waals surface area contributed by atoms with Crippen LogP contribution in [0.2, 0.25) is 0 Å². The van der Waals surface area contributed by atoms with Crippen molar-refractivity contribution in [1.82, 2.24) is 53.6 Å². The highest BCUT2D eigenvalue weighted by atomic mass is 31.3. The lowest BCUT2D eigenvalue weighted by molar-refractivity contribution is -0.745. The number of nitrogens with one attached hydrogen (secondary N) is 2. The fourth-order valence-corrected chi connectivity index (χ4v) is 13.6. The van der Waals surface area contributed by atoms with E-state index in [0.29, 0.717) is 0 Å². The van der Waals surface area contributed by atoms with Crippen LogP contribution in [-0.2, 0) is 80.4 Å². The van der Waals surface area contributed by atoms with Crippen LogP contribution < -0.4 is 38.6 Å². The largest absolute Gasteiger partial charge is 0.490 e. The Labute approximate surface area is 446 Å². The van der Waals surface area contributed by atoms with Crippen molar-refractivity contribution in [3.8, 4) is 0 Å². The number of aromatic nitrogens is 12. The molecule has 7 unspecified atom stereocenters. The second-order valence-corrected chi connectivity index (χ2v) is 24.1. The summed E-state index contributed by atoms with van der Waals surface area (Å²) in [6.07, 6.45) is -15.1. The van der Waals surface area contributed by atoms with Gasteiger partial charge in [0.2, 0.25) is 23.6 Å². The normalized spacial score (nSPS) is 29.4. The second-order valence-electron chi connectivity index (χ2n) is 18.0. The fourth-order valence-electron chi connectivity index (χ4n) is 9.12. The number of aliphatic hydroxyl groups is 2. The van der Waals surface area contributed by atoms with Crippen molar-refractivity contribution in [3.63, 3.8) is 0 Å². The molecule has 80 heavy (non-hydrogen) atoms. The number of nitrogen functional groups attached to an aromatic ring is 4. The summed E-state index contributed by atoms with van der Waals surface area (Å²) in [5.41, 5.74) is 21.6. The van der Waals surface area contributed by atoms with Gasteiger partial charge in [-0.15, -0.1) is 0 Å². The molecule has 6 aromatic heterocycles. The number of anilines is 4. The summed E-state index contributed by atoms with van der Waals surface area (Å²) in [6, 6.07) is 0. The predicted octanol–water partition coefficient (Wildman–Crippen LogP) is -3.04. The minimum atomic E-state index is -6.20. The first-order valence-electron chi connectivity index (χ1n) is 23.1. The molecule has 9 heterocycles. The first-order chi connectivity index (χ1) is 37.5. The molecular formula is C36H53N16O24P4+. The van der Waals surface area contributed by atoms with E-state index in [-0.39, 0.29) is 57.2 Å². The molecule has 0 amide bonds. The van der Waals surface area contributed by atoms with E-state index in [4.69, 9.17) is 69.5 Å². The molecule has 0 radical (unpaired) electrons. The number of phosphoric acid groups is 4. The van der Waals surface area contributed by atoms with Crippen LogP contribution in [0, 0.1) is 0 Å². The van der Waals surface area contributed by atoms with Gasteiger partial charge >= 0.3 is 36.9 Å². The average Bonchev–Trinajstić information content (AvgIpc) is 4.20. The number of H-pyrrole nitrogens is 2. The van der Waals surface area contributed by atoms with Crippen molar-refractivity contribution in [2.45, 2.75) is 93.6 Å². The highest BCUT2D eigenvalue weighted by molar-refractivity contribution is 7.66. The molecule has 3 aliphatic heterocycles. The van der Waals surface area contributed by atoms with Gasteiger partial charge in [0, 0.05) is 14.2 Å². The highest BCUT2D eigenvalue weighted by Gasteiger charge is 2.54. The van der Waals surface area contributed by atoms with Crippen molar-refractivity contribution in [3.05, 3.63) is 39.7 Å². The third-order valence-corrected chi connectivity index (χ3v) is 17.5. The summed E-state index contributed by atoms with van der Waals surface area (Å²) in [5, 5.41) is 22.6. The van der Waals surface area contributed by atoms with Gasteiger partial charge in [0.15, 0.2) is 41.4 Å². The monoisotopic (exact) mass is 1220 g/mol. The smallest absolute Gasteiger partial charge is 0.386 e. The Bertz CT molecular complexity index is 3620. The van der Waals surface area contributed by atoms with E-state index in [1.54, 1.807) is 13.8 Å². The third kappa shape index (κ3) is 12.1. The Hall–Kier alpha value is -5.35. The molecule has 16 N–H and O–H groups in total. The molecule has 0 saturated carbocycles. The predicted molar refractivity (Wildman–Crippen MR) is 262 cm³/mol. The number of ether oxygens (including phenoxy) is 6. The maximum absolute atomic E-state index is 14.0. The molecular weight excluding hydrogens is 1160 g/mol. The number of hydrogen-bond acceptors (Lipinski definition) is 30. The molecule has 9 rings (SSSR count). The Kier molecular flexibility index (Phi) is 16.6. The zero-order valence-corrected chi connectivity index (χ0v) is 45.5. The van der Waals surface area contributed by atoms with Crippen LogP contribution >= 0.6 is 31.3 Å². The molecule has 6 aromatic rings. The van der Waals surface area contributed by atoms with Crippen LogP contribution in [0.3, 0.4) is 0 Å². The van der Waals surface area contributed by atoms with Gasteiger partial charge in [-0.25, -0.2) is 32.8 Å². The maximum Gasteiger partial charge on any atom is 0.490 e. The number of aliphatic hydroxyl groups excluding tert-OH is 2. The number of aryl methyl sites for hydroxylation is 1. The number of nitrogens with zero attached hydrogens (tertiary/aromatic N) is 10. The van der Waals surface area contributed by atoms with Crippen molar-refractivity contribution < 1.29 is 108 Å². The first-order valence-corrected chi connectivity index (χ1v) is 29.1. The molecule has 3 saturated heterocycles. The number of imidazole rings is 3. The molecule has 0 aromatic carbocycles. The van der Waals surface area contributed by atoms with Crippen molar-refractivity contribution >= 4 is 88.4 Å². The molecule has 40 nitrogen and oxygen atoms in total. The van der Waals surface area contributed by atoms with Gasteiger partial charge in [0.1, 0.15) is 60.5 Å². The quantitative estimate of drug-likeness (QED) is 0.0237. The molecule has 3 aliphatic rings. The number of methoxy groups -OCH3 is 2. The minimum Gasteiger partial charge on any atom is -0.386 e. The molecule has 0 aliphatic carbocycles. The summed E-state index contributed by atoms with van der Waals surface area (Å²) in [5.74, 6) is -1.06. The third-order valence-electron chi connectivity index (χ3n) is 12.3. The zero-order valence-electron chi connectivity index (χ0n) is 42.0. The van der Waals surface area contributed by atoms with Crippen LogP contribution in [0.4, 0.5) is 23.7 Å². The van der Waals surface area contributed by atoms with Gasteiger partial charge < -0.3 is 81.1 Å². The van der Waals surface area contributed by atoms with Crippen LogP contribution in [0.5, 0.6) is 0 Å². The first kappa shape index (κ1) is 59.3. The van der Waals surface area contributed by atoms with Gasteiger partial charge in [0.25, 0.3) is 17.1 Å². The summed E-state index contributed by atoms with van der Waals surface area (Å²) in [6.45, 7) is 0.118. The maximum atomic E-state index is 14.0. The van der Waals surface area contributed by atoms with Gasteiger partial charge in [-0.2, -0.15) is 23.6 Å². The Morgan fingerprint density at radius 2 is 1.21 bits per heavy atom. The van der Waals surface area contributed by atoms with Crippen LogP contribution in [-0.4, -0.2) is 178 Å². The zero-order chi connectivity index (χ0) is 58.1. The lowest BCUT2D eigenvalue weighted by atomic mass is 10.1. The highest BCUT2D eigenvalue weighted by Crippen LogP contribution is 2.68. The second kappa shape index (κ2) is 22.4. The van der Waals surface area contributed by atoms with Gasteiger partial charge in [-0.05, 0) is 13.8 Å². The van der Waals surface area contributed by atoms with E-state index in [1.807, 2.05) is 0 Å². The van der Waals surface area contributed by atoms with Crippen LogP contribution in [0.1, 0.15) is 32.5 Å². The van der Waals surface area contributed by atoms with Crippen molar-refractivity contribution in [2.75, 3.05) is 57.0 Å². The molecule has 3 fully saturated rings. The van der Waals surface area contributed by atoms with E-state index in [2.05, 4.69) is 48.5 Å². The molecule has 16 atom stereocenters. The number of aromatic amines is 2. The van der Waals surface area contributed by atoms with E-state index in [0.717, 1.165) is 26.9 Å². The van der Waals surface area contributed by atoms with Gasteiger partial charge in [0.05, 0.1) is 45.6 Å². The standard InChI is InChI=1S/C36H52N16O24P4/c1-12(2)70-22-14(72-31(20(22)54)50-10-42-17-27(50)45-35(39)47-29(17)55)7-67-77(57,58)74-23-15(73-33(24(23)66-5)51-9-41-16-25(37)43-34(38)44-26(16)51)8-69-79(61,62)76-80(63,64)75-78(59,60)68-6-13-21(65-4)19(53)32(71-13)52-11-49(3)18-28(52)46-36(40)48-30(18)56/h9-15,19-24,31-33,53-54H,6-8H2,1-5H3,(H13-,37,38,39,40,43,44,45,46,47,48,55,56,57,58,59,60,61,62,63,64)/p+1/t13-,14-,15-,19?,20?,21+,22+,23+,24?,31-,32-,33-/m1/s1. The lowest BCUT2D eigenvalue weighted by Gasteiger charge is -2.27. The van der Waals surface area contributed by atoms with Crippen molar-refractivity contribution in [2.24, 2.45) is 7.05 Å². The number of phosphoric ester groups is 3. The van der Waals surface area contributed by atoms with E-state index < -0.39 is 142 Å². The fraction of sp³-hybridized carbons (Fsp3) is 0.583. The molecule has 44 heteroatoms. The SMILES string of the molecule is COC1[C@@H](OP(=O)(O)OC[C@H]2O[C@@H](n3cnc4c(=O)[nH]c(N)nc43)C(O)[C@H]2OC(C)C)[C@@H](COP(=O)(O)OP(=O)(O)OP(=O)(O)OC[C@H]2O[C@@H]([n+]3cn(C)c4c(=O)[nH]c(N)nc43)C(O)[C@H]2OC)O[C@H]1n1cnc2c(N)nc(N)nc21. The summed E-state index contributed by atoms with van der Waals surface area (Å²) < 4.78 is 123. The number of rotatable bonds is 22. The summed E-state index contributed by atoms with van der Waals surface area (Å²) in [4.78, 5) is 97.0. The topological polar surface area (TPSA) is 566 Å². The van der Waals surface area contributed by atoms with Crippen LogP contribution in [0.25, 0.3) is 33.5 Å². The van der Waals surface area contributed by atoms with Crippen LogP contribution in [0.15, 0.2) is 28.6 Å². The summed E-state index contributed by atoms with van der Waals surface area (Å²) in [7, 11) is -19.7. The lowest BCUT2D eigenvalue weighted by Crippen LogP contribution is -2.46. The van der Waals surface area contributed by atoms with Crippen molar-refractivity contribution in [1.29, 1.82) is 0 Å². The van der Waals surface area contributed by atoms with E-state index in [9.17, 15) is 57.6 Å². The Morgan fingerprint density at radius 3 is 1.84 bits per heavy atom. The number of hydrogen-bond donors (Lipinski definition) is 12. The average molecular weight is 1220 g/mol. The number of nitrogens with two attached hydrogens (primary N) is 4. The van der Waals surface area contributed by atoms with E-state index in [1.165, 1.54) is 31.6 Å². The molecule has 0 bridgehead atoms. The minimum absolute atomic E-state index is 0.00795.